The first-order valence-electron chi connectivity index (χ1n) is 12.6. The molecule has 0 saturated carbocycles. The molecule has 0 spiro atoms. The number of rotatable bonds is 12. The summed E-state index contributed by atoms with van der Waals surface area (Å²) in [6, 6.07) is 7.98. The summed E-state index contributed by atoms with van der Waals surface area (Å²) in [5, 5.41) is 24.5. The zero-order chi connectivity index (χ0) is 29.7. The molecule has 1 saturated heterocycles. The summed E-state index contributed by atoms with van der Waals surface area (Å²) in [6.07, 6.45) is 1.48. The molecule has 2 aromatic rings. The number of carbonyl (C=O) groups is 1. The fraction of sp³-hybridized carbons (Fsp3) is 0.500. The van der Waals surface area contributed by atoms with Gasteiger partial charge in [0, 0.05) is 12.3 Å². The Labute approximate surface area is 231 Å². The number of para-hydroxylation sites is 1. The highest BCUT2D eigenvalue weighted by atomic mass is 31.2. The minimum absolute atomic E-state index is 0.00982. The molecule has 0 bridgehead atoms. The number of aromatic nitrogens is 2. The molecule has 0 radical (unpaired) electrons. The number of hydrogen-bond donors (Lipinski definition) is 4. The fourth-order valence-electron chi connectivity index (χ4n) is 4.01. The zero-order valence-corrected chi connectivity index (χ0v) is 23.4. The third-order valence-electron chi connectivity index (χ3n) is 5.85. The highest BCUT2D eigenvalue weighted by molar-refractivity contribution is 7.52. The van der Waals surface area contributed by atoms with Gasteiger partial charge in [0.05, 0.1) is 12.7 Å². The Morgan fingerprint density at radius 1 is 1.25 bits per heavy atom. The van der Waals surface area contributed by atoms with E-state index in [1.165, 1.54) is 12.1 Å². The van der Waals surface area contributed by atoms with E-state index in [1.54, 1.807) is 32.0 Å². The number of aliphatic hydroxyl groups is 2. The van der Waals surface area contributed by atoms with Crippen LogP contribution in [0.15, 0.2) is 52.2 Å². The minimum atomic E-state index is -4.38. The van der Waals surface area contributed by atoms with Gasteiger partial charge in [0.2, 0.25) is 0 Å². The van der Waals surface area contributed by atoms with Crippen molar-refractivity contribution >= 4 is 13.7 Å². The van der Waals surface area contributed by atoms with Crippen molar-refractivity contribution in [3.05, 3.63) is 63.4 Å². The Kier molecular flexibility index (Phi) is 10.1. The molecule has 40 heavy (non-hydrogen) atoms. The van der Waals surface area contributed by atoms with Gasteiger partial charge in [-0.2, -0.15) is 5.09 Å². The van der Waals surface area contributed by atoms with Crippen LogP contribution >= 0.6 is 7.75 Å². The average Bonchev–Trinajstić information content (AvgIpc) is 3.12. The van der Waals surface area contributed by atoms with Gasteiger partial charge in [-0.3, -0.25) is 23.7 Å². The molecule has 3 rings (SSSR count). The first kappa shape index (κ1) is 31.3. The van der Waals surface area contributed by atoms with E-state index in [9.17, 15) is 29.2 Å². The molecule has 1 fully saturated rings. The normalized spacial score (nSPS) is 24.8. The van der Waals surface area contributed by atoms with Crippen LogP contribution in [-0.4, -0.2) is 62.3 Å². The summed E-state index contributed by atoms with van der Waals surface area (Å²) in [5.74, 6) is 1.51. The number of hydrogen-bond acceptors (Lipinski definition) is 10. The maximum atomic E-state index is 14.0. The Bertz CT molecular complexity index is 1370. The molecule has 1 aliphatic heterocycles. The molecule has 6 atom stereocenters. The van der Waals surface area contributed by atoms with Crippen molar-refractivity contribution in [2.75, 3.05) is 6.61 Å². The SMILES string of the molecule is C#C[C@@]1(O)[C@H](O)[C@@H](COP(=O)(N[C@@H](CC(C)C)C(=O)OC(C)C)Oc2ccccc2)O[C@H]1n1ccc(=O)[nH]c1=O. The number of aromatic amines is 1. The van der Waals surface area contributed by atoms with E-state index in [1.807, 2.05) is 24.8 Å². The molecule has 1 aromatic heterocycles. The second kappa shape index (κ2) is 13.0. The Hall–Kier alpha value is -3.24. The standard InChI is InChI=1S/C26H34N3O10P/c1-6-26(34)22(31)20(38-24(26)29-13-12-21(30)27-25(29)33)15-36-40(35,39-18-10-8-7-9-11-18)28-19(14-16(2)3)23(32)37-17(4)5/h1,7-13,16-17,19-20,22,24,31,34H,14-15H2,2-5H3,(H,28,35)(H,27,30,33)/t19-,20+,22+,24+,26+,40?/m0/s1. The Morgan fingerprint density at radius 2 is 1.93 bits per heavy atom. The number of ether oxygens (including phenoxy) is 2. The number of H-pyrrole nitrogens is 1. The molecule has 218 valence electrons. The number of terminal acetylenes is 1. The van der Waals surface area contributed by atoms with Gasteiger partial charge >= 0.3 is 19.4 Å². The maximum Gasteiger partial charge on any atom is 0.459 e. The van der Waals surface area contributed by atoms with E-state index in [-0.39, 0.29) is 18.1 Å². The number of carbonyl (C=O) groups excluding carboxylic acids is 1. The molecule has 0 amide bonds. The number of benzene rings is 1. The van der Waals surface area contributed by atoms with E-state index in [0.29, 0.717) is 0 Å². The van der Waals surface area contributed by atoms with E-state index in [2.05, 4.69) is 5.09 Å². The maximum absolute atomic E-state index is 14.0. The van der Waals surface area contributed by atoms with Gasteiger partial charge in [-0.05, 0) is 38.3 Å². The Balaban J connectivity index is 1.89. The number of nitrogens with zero attached hydrogens (tertiary/aromatic N) is 1. The van der Waals surface area contributed by atoms with Crippen molar-refractivity contribution < 1.29 is 38.1 Å². The van der Waals surface area contributed by atoms with E-state index in [4.69, 9.17) is 24.9 Å². The van der Waals surface area contributed by atoms with Gasteiger partial charge in [-0.25, -0.2) is 9.36 Å². The molecule has 2 heterocycles. The van der Waals surface area contributed by atoms with Crippen LogP contribution in [-0.2, 0) is 23.4 Å². The number of esters is 1. The zero-order valence-electron chi connectivity index (χ0n) is 22.6. The van der Waals surface area contributed by atoms with Crippen molar-refractivity contribution in [1.82, 2.24) is 14.6 Å². The molecule has 4 N–H and O–H groups in total. The lowest BCUT2D eigenvalue weighted by Gasteiger charge is -2.27. The third kappa shape index (κ3) is 7.48. The van der Waals surface area contributed by atoms with E-state index in [0.717, 1.165) is 16.8 Å². The summed E-state index contributed by atoms with van der Waals surface area (Å²) in [5.41, 5.74) is -4.06. The summed E-state index contributed by atoms with van der Waals surface area (Å²) in [6.45, 7) is 6.43. The van der Waals surface area contributed by atoms with Gasteiger partial charge in [-0.15, -0.1) is 6.42 Å². The second-order valence-corrected chi connectivity index (χ2v) is 11.6. The first-order chi connectivity index (χ1) is 18.8. The predicted molar refractivity (Wildman–Crippen MR) is 143 cm³/mol. The third-order valence-corrected chi connectivity index (χ3v) is 7.42. The first-order valence-corrected chi connectivity index (χ1v) is 14.1. The molecular formula is C26H34N3O10P. The van der Waals surface area contributed by atoms with Gasteiger partial charge in [0.15, 0.2) is 11.8 Å². The van der Waals surface area contributed by atoms with Crippen molar-refractivity contribution in [2.45, 2.75) is 70.3 Å². The number of nitrogens with one attached hydrogen (secondary N) is 2. The average molecular weight is 580 g/mol. The Morgan fingerprint density at radius 3 is 2.50 bits per heavy atom. The van der Waals surface area contributed by atoms with Crippen molar-refractivity contribution in [3.8, 4) is 18.1 Å². The summed E-state index contributed by atoms with van der Waals surface area (Å²) >= 11 is 0. The highest BCUT2D eigenvalue weighted by Gasteiger charge is 2.56. The second-order valence-electron chi connectivity index (χ2n) is 9.95. The monoisotopic (exact) mass is 579 g/mol. The minimum Gasteiger partial charge on any atom is -0.462 e. The lowest BCUT2D eigenvalue weighted by Crippen LogP contribution is -2.48. The van der Waals surface area contributed by atoms with Crippen molar-refractivity contribution in [1.29, 1.82) is 0 Å². The van der Waals surface area contributed by atoms with Gasteiger partial charge in [0.25, 0.3) is 5.56 Å². The van der Waals surface area contributed by atoms with Crippen LogP contribution < -0.4 is 20.9 Å². The van der Waals surface area contributed by atoms with Crippen LogP contribution in [0, 0.1) is 18.3 Å². The summed E-state index contributed by atoms with van der Waals surface area (Å²) < 4.78 is 37.1. The van der Waals surface area contributed by atoms with Crippen LogP contribution in [0.4, 0.5) is 0 Å². The largest absolute Gasteiger partial charge is 0.462 e. The molecule has 13 nitrogen and oxygen atoms in total. The van der Waals surface area contributed by atoms with Crippen molar-refractivity contribution in [3.63, 3.8) is 0 Å². The smallest absolute Gasteiger partial charge is 0.459 e. The predicted octanol–water partition coefficient (Wildman–Crippen LogP) is 1.32. The van der Waals surface area contributed by atoms with Crippen molar-refractivity contribution in [2.24, 2.45) is 5.92 Å². The van der Waals surface area contributed by atoms with E-state index >= 15 is 0 Å². The molecule has 1 aromatic carbocycles. The van der Waals surface area contributed by atoms with Gasteiger partial charge < -0.3 is 24.2 Å². The molecule has 1 aliphatic rings. The topological polar surface area (TPSA) is 178 Å². The van der Waals surface area contributed by atoms with Crippen LogP contribution in [0.2, 0.25) is 0 Å². The van der Waals surface area contributed by atoms with Crippen LogP contribution in [0.25, 0.3) is 0 Å². The van der Waals surface area contributed by atoms with Crippen LogP contribution in [0.3, 0.4) is 0 Å². The summed E-state index contributed by atoms with van der Waals surface area (Å²) in [4.78, 5) is 38.6. The molecule has 14 heteroatoms. The molecule has 0 aliphatic carbocycles. The van der Waals surface area contributed by atoms with Gasteiger partial charge in [0.1, 0.15) is 24.0 Å². The molecule has 1 unspecified atom stereocenters. The van der Waals surface area contributed by atoms with Crippen LogP contribution in [0.5, 0.6) is 5.75 Å². The lowest BCUT2D eigenvalue weighted by molar-refractivity contribution is -0.150. The highest BCUT2D eigenvalue weighted by Crippen LogP contribution is 2.47. The fourth-order valence-corrected chi connectivity index (χ4v) is 5.52. The molecular weight excluding hydrogens is 545 g/mol. The van der Waals surface area contributed by atoms with Crippen LogP contribution in [0.1, 0.15) is 40.3 Å². The van der Waals surface area contributed by atoms with E-state index < -0.39 is 67.8 Å². The number of aliphatic hydroxyl groups excluding tert-OH is 1. The quantitative estimate of drug-likeness (QED) is 0.162. The van der Waals surface area contributed by atoms with Gasteiger partial charge in [-0.1, -0.05) is 38.0 Å². The summed E-state index contributed by atoms with van der Waals surface area (Å²) in [7, 11) is -4.38. The lowest BCUT2D eigenvalue weighted by atomic mass is 9.95.